The maximum atomic E-state index is 5.46. The quantitative estimate of drug-likeness (QED) is 0.187. The van der Waals surface area contributed by atoms with E-state index in [0.29, 0.717) is 11.8 Å². The van der Waals surface area contributed by atoms with Gasteiger partial charge in [0.1, 0.15) is 5.82 Å². The lowest BCUT2D eigenvalue weighted by molar-refractivity contribution is 0.828. The highest BCUT2D eigenvalue weighted by Crippen LogP contribution is 2.45. The van der Waals surface area contributed by atoms with Crippen LogP contribution in [0.2, 0.25) is 0 Å². The minimum Gasteiger partial charge on any atom is -0.327 e. The molecule has 6 aromatic carbocycles. The Balaban J connectivity index is 1.74. The van der Waals surface area contributed by atoms with Gasteiger partial charge in [-0.05, 0) is 56.0 Å². The summed E-state index contributed by atoms with van der Waals surface area (Å²) < 4.78 is 2.36. The van der Waals surface area contributed by atoms with Crippen molar-refractivity contribution in [3.05, 3.63) is 90.0 Å². The maximum Gasteiger partial charge on any atom is 0.141 e. The molecule has 0 unspecified atom stereocenters. The molecule has 0 bridgehead atoms. The van der Waals surface area contributed by atoms with Crippen molar-refractivity contribution in [1.82, 2.24) is 9.55 Å². The van der Waals surface area contributed by atoms with Gasteiger partial charge in [-0.2, -0.15) is 0 Å². The van der Waals surface area contributed by atoms with Crippen LogP contribution < -0.4 is 0 Å². The Morgan fingerprint density at radius 3 is 2.03 bits per heavy atom. The maximum absolute atomic E-state index is 5.46. The molecular formula is C34H30N2. The number of hydrogen-bond acceptors (Lipinski definition) is 1. The van der Waals surface area contributed by atoms with Crippen molar-refractivity contribution >= 4 is 54.1 Å². The number of hydrogen-bond donors (Lipinski definition) is 0. The fraction of sp³-hybridized carbons (Fsp3) is 0.206. The molecule has 0 aliphatic heterocycles. The molecule has 7 rings (SSSR count). The molecular weight excluding hydrogens is 436 g/mol. The summed E-state index contributed by atoms with van der Waals surface area (Å²) in [7, 11) is 2.21. The van der Waals surface area contributed by atoms with Gasteiger partial charge in [0.25, 0.3) is 0 Å². The highest BCUT2D eigenvalue weighted by Gasteiger charge is 2.24. The highest BCUT2D eigenvalue weighted by molar-refractivity contribution is 6.36. The first kappa shape index (κ1) is 21.4. The van der Waals surface area contributed by atoms with E-state index >= 15 is 0 Å². The summed E-state index contributed by atoms with van der Waals surface area (Å²) in [5.74, 6) is 1.90. The predicted octanol–water partition coefficient (Wildman–Crippen LogP) is 9.54. The van der Waals surface area contributed by atoms with E-state index in [2.05, 4.69) is 118 Å². The van der Waals surface area contributed by atoms with E-state index < -0.39 is 0 Å². The van der Waals surface area contributed by atoms with Crippen LogP contribution in [0.5, 0.6) is 0 Å². The topological polar surface area (TPSA) is 17.8 Å². The SMILES string of the molecule is CC(C)c1cccc(C(C)C)c1-c1nc2c3cccc4ccc5c6ccccc6cc(c5c43)c2n1C. The molecule has 36 heavy (non-hydrogen) atoms. The third kappa shape index (κ3) is 2.76. The van der Waals surface area contributed by atoms with Gasteiger partial charge >= 0.3 is 0 Å². The van der Waals surface area contributed by atoms with E-state index in [1.54, 1.807) is 0 Å². The summed E-state index contributed by atoms with van der Waals surface area (Å²) in [6, 6.07) is 29.2. The van der Waals surface area contributed by atoms with Crippen molar-refractivity contribution in [1.29, 1.82) is 0 Å². The van der Waals surface area contributed by atoms with Crippen LogP contribution in [-0.2, 0) is 7.05 Å². The second kappa shape index (κ2) is 7.54. The average molecular weight is 467 g/mol. The number of benzene rings is 6. The standard InChI is InChI=1S/C34H30N2/c1-19(2)23-13-9-14-24(20(3)4)31(23)34-35-32-27-15-8-11-21-16-17-26-25-12-7-6-10-22(25)18-28(30(26)29(21)27)33(32)36(34)5/h6-20H,1-5H3. The Labute approximate surface area is 211 Å². The second-order valence-corrected chi connectivity index (χ2v) is 10.8. The number of aromatic nitrogens is 2. The lowest BCUT2D eigenvalue weighted by Gasteiger charge is -2.19. The van der Waals surface area contributed by atoms with Crippen molar-refractivity contribution in [2.45, 2.75) is 39.5 Å². The monoisotopic (exact) mass is 466 g/mol. The molecule has 0 fully saturated rings. The molecule has 0 aliphatic carbocycles. The van der Waals surface area contributed by atoms with Crippen molar-refractivity contribution in [2.24, 2.45) is 7.05 Å². The Kier molecular flexibility index (Phi) is 4.48. The van der Waals surface area contributed by atoms with Gasteiger partial charge in [0.05, 0.1) is 11.0 Å². The van der Waals surface area contributed by atoms with Gasteiger partial charge in [-0.3, -0.25) is 0 Å². The van der Waals surface area contributed by atoms with Crippen LogP contribution >= 0.6 is 0 Å². The zero-order valence-corrected chi connectivity index (χ0v) is 21.6. The Bertz CT molecular complexity index is 1930. The molecule has 2 nitrogen and oxygen atoms in total. The minimum absolute atomic E-state index is 0.417. The Hall–Kier alpha value is -3.91. The van der Waals surface area contributed by atoms with Gasteiger partial charge < -0.3 is 4.57 Å². The van der Waals surface area contributed by atoms with Crippen LogP contribution in [0.3, 0.4) is 0 Å². The fourth-order valence-electron chi connectivity index (χ4n) is 6.39. The molecule has 0 atom stereocenters. The van der Waals surface area contributed by atoms with Crippen molar-refractivity contribution in [3.8, 4) is 11.4 Å². The molecule has 176 valence electrons. The zero-order valence-electron chi connectivity index (χ0n) is 21.6. The van der Waals surface area contributed by atoms with Crippen LogP contribution in [0.25, 0.3) is 65.5 Å². The van der Waals surface area contributed by atoms with Crippen LogP contribution in [0.4, 0.5) is 0 Å². The van der Waals surface area contributed by atoms with E-state index in [1.807, 2.05) is 0 Å². The summed E-state index contributed by atoms with van der Waals surface area (Å²) in [6.07, 6.45) is 0. The summed E-state index contributed by atoms with van der Waals surface area (Å²) >= 11 is 0. The summed E-state index contributed by atoms with van der Waals surface area (Å²) in [4.78, 5) is 5.46. The lowest BCUT2D eigenvalue weighted by Crippen LogP contribution is -2.04. The number of rotatable bonds is 3. The molecule has 0 spiro atoms. The number of imidazole rings is 1. The molecule has 1 heterocycles. The normalized spacial score (nSPS) is 12.5. The number of aryl methyl sites for hydroxylation is 1. The summed E-state index contributed by atoms with van der Waals surface area (Å²) in [5, 5.41) is 10.4. The van der Waals surface area contributed by atoms with Gasteiger partial charge in [-0.15, -0.1) is 0 Å². The Morgan fingerprint density at radius 1 is 0.611 bits per heavy atom. The molecule has 0 amide bonds. The van der Waals surface area contributed by atoms with Crippen molar-refractivity contribution in [3.63, 3.8) is 0 Å². The molecule has 7 aromatic rings. The third-order valence-corrected chi connectivity index (χ3v) is 8.07. The van der Waals surface area contributed by atoms with Gasteiger partial charge in [-0.1, -0.05) is 100 Å². The van der Waals surface area contributed by atoms with Crippen molar-refractivity contribution in [2.75, 3.05) is 0 Å². The molecule has 1 aromatic heterocycles. The molecule has 0 N–H and O–H groups in total. The van der Waals surface area contributed by atoms with Gasteiger partial charge in [-0.25, -0.2) is 4.98 Å². The minimum atomic E-state index is 0.417. The van der Waals surface area contributed by atoms with Crippen LogP contribution in [0.1, 0.15) is 50.7 Å². The molecule has 0 radical (unpaired) electrons. The van der Waals surface area contributed by atoms with Crippen LogP contribution in [0, 0.1) is 0 Å². The third-order valence-electron chi connectivity index (χ3n) is 8.07. The number of fused-ring (bicyclic) bond motifs is 5. The first-order valence-electron chi connectivity index (χ1n) is 13.0. The van der Waals surface area contributed by atoms with Gasteiger partial charge in [0, 0.05) is 28.8 Å². The smallest absolute Gasteiger partial charge is 0.141 e. The number of nitrogens with zero attached hydrogens (tertiary/aromatic N) is 2. The van der Waals surface area contributed by atoms with Crippen LogP contribution in [-0.4, -0.2) is 9.55 Å². The van der Waals surface area contributed by atoms with Gasteiger partial charge in [0.15, 0.2) is 0 Å². The first-order chi connectivity index (χ1) is 17.5. The first-order valence-corrected chi connectivity index (χ1v) is 13.0. The highest BCUT2D eigenvalue weighted by atomic mass is 15.1. The fourth-order valence-corrected chi connectivity index (χ4v) is 6.39. The van der Waals surface area contributed by atoms with E-state index in [4.69, 9.17) is 4.98 Å². The van der Waals surface area contributed by atoms with Crippen molar-refractivity contribution < 1.29 is 0 Å². The Morgan fingerprint density at radius 2 is 1.28 bits per heavy atom. The second-order valence-electron chi connectivity index (χ2n) is 10.8. The summed E-state index contributed by atoms with van der Waals surface area (Å²) in [5.41, 5.74) is 6.35. The molecule has 0 saturated heterocycles. The van der Waals surface area contributed by atoms with E-state index in [0.717, 1.165) is 11.3 Å². The van der Waals surface area contributed by atoms with E-state index in [1.165, 1.54) is 65.3 Å². The predicted molar refractivity (Wildman–Crippen MR) is 156 cm³/mol. The lowest BCUT2D eigenvalue weighted by atomic mass is 9.88. The molecule has 2 heteroatoms. The largest absolute Gasteiger partial charge is 0.327 e. The van der Waals surface area contributed by atoms with E-state index in [9.17, 15) is 0 Å². The average Bonchev–Trinajstić information content (AvgIpc) is 3.23. The molecule has 0 saturated carbocycles. The van der Waals surface area contributed by atoms with E-state index in [-0.39, 0.29) is 0 Å². The zero-order chi connectivity index (χ0) is 24.7. The molecule has 0 aliphatic rings. The van der Waals surface area contributed by atoms with Crippen LogP contribution in [0.15, 0.2) is 78.9 Å². The van der Waals surface area contributed by atoms with Gasteiger partial charge in [0.2, 0.25) is 0 Å². The summed E-state index contributed by atoms with van der Waals surface area (Å²) in [6.45, 7) is 9.15.